The van der Waals surface area contributed by atoms with Gasteiger partial charge in [0.2, 0.25) is 5.91 Å². The van der Waals surface area contributed by atoms with Gasteiger partial charge in [0, 0.05) is 26.2 Å². The smallest absolute Gasteiger partial charge is 0.240 e. The van der Waals surface area contributed by atoms with Gasteiger partial charge in [-0.3, -0.25) is 9.69 Å². The van der Waals surface area contributed by atoms with Gasteiger partial charge >= 0.3 is 0 Å². The van der Waals surface area contributed by atoms with Gasteiger partial charge in [-0.05, 0) is 12.8 Å². The second kappa shape index (κ2) is 4.69. The number of nitrogens with zero attached hydrogens (tertiary/aromatic N) is 1. The van der Waals surface area contributed by atoms with Gasteiger partial charge in [-0.2, -0.15) is 0 Å². The van der Waals surface area contributed by atoms with Gasteiger partial charge in [-0.15, -0.1) is 0 Å². The molecule has 1 saturated heterocycles. The van der Waals surface area contributed by atoms with E-state index in [1.807, 2.05) is 0 Å². The number of carbonyl (C=O) groups is 1. The van der Waals surface area contributed by atoms with E-state index in [1.165, 1.54) is 0 Å². The fourth-order valence-electron chi connectivity index (χ4n) is 3.01. The van der Waals surface area contributed by atoms with E-state index in [1.54, 1.807) is 0 Å². The number of hydrogen-bond donors (Lipinski definition) is 3. The Balaban J connectivity index is 2.22. The van der Waals surface area contributed by atoms with Crippen molar-refractivity contribution in [2.24, 2.45) is 5.73 Å². The lowest BCUT2D eigenvalue weighted by molar-refractivity contribution is -0.144. The number of hydrogen-bond acceptors (Lipinski definition) is 4. The van der Waals surface area contributed by atoms with Gasteiger partial charge < -0.3 is 16.2 Å². The summed E-state index contributed by atoms with van der Waals surface area (Å²) in [5.41, 5.74) is 4.76. The first kappa shape index (κ1) is 11.8. The van der Waals surface area contributed by atoms with Gasteiger partial charge in [0.1, 0.15) is 5.54 Å². The first-order chi connectivity index (χ1) is 7.68. The molecule has 1 saturated carbocycles. The minimum Gasteiger partial charge on any atom is -0.391 e. The molecule has 0 aromatic carbocycles. The van der Waals surface area contributed by atoms with Crippen molar-refractivity contribution in [2.45, 2.75) is 37.3 Å². The molecule has 0 aromatic heterocycles. The quantitative estimate of drug-likeness (QED) is 0.568. The van der Waals surface area contributed by atoms with Gasteiger partial charge in [0.05, 0.1) is 6.10 Å². The molecule has 0 bridgehead atoms. The SMILES string of the molecule is NC(=O)C1(N2CCNCC2)CCCCC1O. The second-order valence-corrected chi connectivity index (χ2v) is 4.79. The molecule has 2 fully saturated rings. The van der Waals surface area contributed by atoms with E-state index in [4.69, 9.17) is 5.73 Å². The average Bonchev–Trinajstić information content (AvgIpc) is 2.30. The molecule has 2 rings (SSSR count). The van der Waals surface area contributed by atoms with Gasteiger partial charge in [0.25, 0.3) is 0 Å². The third-order valence-electron chi connectivity index (χ3n) is 3.94. The first-order valence-corrected chi connectivity index (χ1v) is 6.11. The number of piperazine rings is 1. The number of primary amides is 1. The molecule has 5 heteroatoms. The molecule has 92 valence electrons. The van der Waals surface area contributed by atoms with Crippen LogP contribution >= 0.6 is 0 Å². The monoisotopic (exact) mass is 227 g/mol. The molecule has 1 aliphatic heterocycles. The van der Waals surface area contributed by atoms with Gasteiger partial charge in [-0.1, -0.05) is 12.8 Å². The van der Waals surface area contributed by atoms with Crippen LogP contribution in [0.2, 0.25) is 0 Å². The third-order valence-corrected chi connectivity index (χ3v) is 3.94. The maximum Gasteiger partial charge on any atom is 0.240 e. The molecular formula is C11H21N3O2. The summed E-state index contributed by atoms with van der Waals surface area (Å²) >= 11 is 0. The largest absolute Gasteiger partial charge is 0.391 e. The Morgan fingerprint density at radius 3 is 2.62 bits per heavy atom. The van der Waals surface area contributed by atoms with Gasteiger partial charge in [0.15, 0.2) is 0 Å². The summed E-state index contributed by atoms with van der Waals surface area (Å²) in [4.78, 5) is 13.9. The van der Waals surface area contributed by atoms with Crippen molar-refractivity contribution in [1.82, 2.24) is 10.2 Å². The Morgan fingerprint density at radius 2 is 2.06 bits per heavy atom. The number of amides is 1. The van der Waals surface area contributed by atoms with E-state index in [-0.39, 0.29) is 5.91 Å². The topological polar surface area (TPSA) is 78.6 Å². The standard InChI is InChI=1S/C11H21N3O2/c12-10(16)11(4-2-1-3-9(11)15)14-7-5-13-6-8-14/h9,13,15H,1-8H2,(H2,12,16). The number of rotatable bonds is 2. The van der Waals surface area contributed by atoms with Crippen LogP contribution in [0.5, 0.6) is 0 Å². The molecule has 1 heterocycles. The Kier molecular flexibility index (Phi) is 3.47. The van der Waals surface area contributed by atoms with Crippen LogP contribution in [-0.2, 0) is 4.79 Å². The highest BCUT2D eigenvalue weighted by molar-refractivity contribution is 5.85. The fraction of sp³-hybridized carbons (Fsp3) is 0.909. The molecule has 2 atom stereocenters. The zero-order chi connectivity index (χ0) is 11.6. The lowest BCUT2D eigenvalue weighted by atomic mass is 9.77. The number of nitrogens with one attached hydrogen (secondary N) is 1. The Labute approximate surface area is 96.0 Å². The maximum absolute atomic E-state index is 11.8. The highest BCUT2D eigenvalue weighted by atomic mass is 16.3. The fourth-order valence-corrected chi connectivity index (χ4v) is 3.01. The number of nitrogens with two attached hydrogens (primary N) is 1. The second-order valence-electron chi connectivity index (χ2n) is 4.79. The van der Waals surface area contributed by atoms with Crippen molar-refractivity contribution in [3.8, 4) is 0 Å². The molecule has 4 N–H and O–H groups in total. The molecule has 0 aromatic rings. The lowest BCUT2D eigenvalue weighted by Gasteiger charge is -2.48. The summed E-state index contributed by atoms with van der Waals surface area (Å²) in [7, 11) is 0. The third kappa shape index (κ3) is 1.83. The van der Waals surface area contributed by atoms with Crippen molar-refractivity contribution < 1.29 is 9.90 Å². The van der Waals surface area contributed by atoms with Crippen molar-refractivity contribution in [1.29, 1.82) is 0 Å². The van der Waals surface area contributed by atoms with Crippen molar-refractivity contribution in [2.75, 3.05) is 26.2 Å². The maximum atomic E-state index is 11.8. The molecular weight excluding hydrogens is 206 g/mol. The van der Waals surface area contributed by atoms with E-state index >= 15 is 0 Å². The predicted molar refractivity (Wildman–Crippen MR) is 60.8 cm³/mol. The van der Waals surface area contributed by atoms with Crippen molar-refractivity contribution in [3.05, 3.63) is 0 Å². The molecule has 2 aliphatic rings. The molecule has 1 amide bonds. The summed E-state index contributed by atoms with van der Waals surface area (Å²) in [6.45, 7) is 3.31. The zero-order valence-corrected chi connectivity index (χ0v) is 9.61. The Morgan fingerprint density at radius 1 is 1.38 bits per heavy atom. The highest BCUT2D eigenvalue weighted by Crippen LogP contribution is 2.34. The van der Waals surface area contributed by atoms with E-state index in [0.717, 1.165) is 39.0 Å². The number of carbonyl (C=O) groups excluding carboxylic acids is 1. The van der Waals surface area contributed by atoms with E-state index in [0.29, 0.717) is 12.8 Å². The average molecular weight is 227 g/mol. The first-order valence-electron chi connectivity index (χ1n) is 6.11. The van der Waals surface area contributed by atoms with Crippen LogP contribution in [0.4, 0.5) is 0 Å². The molecule has 5 nitrogen and oxygen atoms in total. The molecule has 0 radical (unpaired) electrons. The number of aliphatic hydroxyl groups is 1. The van der Waals surface area contributed by atoms with Crippen LogP contribution in [0.3, 0.4) is 0 Å². The van der Waals surface area contributed by atoms with Crippen LogP contribution < -0.4 is 11.1 Å². The lowest BCUT2D eigenvalue weighted by Crippen LogP contribution is -2.68. The van der Waals surface area contributed by atoms with E-state index in [9.17, 15) is 9.90 Å². The van der Waals surface area contributed by atoms with Crippen molar-refractivity contribution >= 4 is 5.91 Å². The summed E-state index contributed by atoms with van der Waals surface area (Å²) in [6.07, 6.45) is 2.75. The zero-order valence-electron chi connectivity index (χ0n) is 9.61. The normalized spacial score (nSPS) is 37.2. The molecule has 2 unspecified atom stereocenters. The minimum atomic E-state index is -0.805. The number of aliphatic hydroxyl groups excluding tert-OH is 1. The van der Waals surface area contributed by atoms with Crippen molar-refractivity contribution in [3.63, 3.8) is 0 Å². The Bertz CT molecular complexity index is 266. The van der Waals surface area contributed by atoms with Gasteiger partial charge in [-0.25, -0.2) is 0 Å². The molecule has 1 aliphatic carbocycles. The predicted octanol–water partition coefficient (Wildman–Crippen LogP) is -0.949. The van der Waals surface area contributed by atoms with Crippen LogP contribution in [0, 0.1) is 0 Å². The Hall–Kier alpha value is -0.650. The minimum absolute atomic E-state index is 0.360. The molecule has 16 heavy (non-hydrogen) atoms. The summed E-state index contributed by atoms with van der Waals surface area (Å²) < 4.78 is 0. The summed E-state index contributed by atoms with van der Waals surface area (Å²) in [5, 5.41) is 13.4. The highest BCUT2D eigenvalue weighted by Gasteiger charge is 2.49. The van der Waals surface area contributed by atoms with Crippen LogP contribution in [0.25, 0.3) is 0 Å². The molecule has 0 spiro atoms. The van der Waals surface area contributed by atoms with E-state index < -0.39 is 11.6 Å². The van der Waals surface area contributed by atoms with Crippen LogP contribution in [0.15, 0.2) is 0 Å². The van der Waals surface area contributed by atoms with Crippen LogP contribution in [0.1, 0.15) is 25.7 Å². The summed E-state index contributed by atoms with van der Waals surface area (Å²) in [5.74, 6) is -0.360. The summed E-state index contributed by atoms with van der Waals surface area (Å²) in [6, 6.07) is 0. The van der Waals surface area contributed by atoms with Crippen LogP contribution in [-0.4, -0.2) is 53.7 Å². The van der Waals surface area contributed by atoms with E-state index in [2.05, 4.69) is 10.2 Å².